The van der Waals surface area contributed by atoms with Gasteiger partial charge < -0.3 is 14.8 Å². The number of unbranched alkanes of at least 4 members (excludes halogenated alkanes) is 1. The van der Waals surface area contributed by atoms with Crippen LogP contribution in [0.15, 0.2) is 43.0 Å². The molecule has 24 heavy (non-hydrogen) atoms. The van der Waals surface area contributed by atoms with Crippen LogP contribution >= 0.6 is 12.2 Å². The molecule has 0 aliphatic carbocycles. The van der Waals surface area contributed by atoms with Crippen LogP contribution in [-0.4, -0.2) is 32.7 Å². The van der Waals surface area contributed by atoms with Crippen molar-refractivity contribution in [1.82, 2.24) is 19.8 Å². The van der Waals surface area contributed by atoms with Crippen LogP contribution in [0, 0.1) is 5.82 Å². The average Bonchev–Trinajstić information content (AvgIpc) is 3.07. The van der Waals surface area contributed by atoms with E-state index in [0.29, 0.717) is 6.54 Å². The molecule has 1 aromatic heterocycles. The molecular formula is C18H25FN4S. The van der Waals surface area contributed by atoms with Gasteiger partial charge in [-0.3, -0.25) is 0 Å². The van der Waals surface area contributed by atoms with Crippen molar-refractivity contribution in [2.45, 2.75) is 39.3 Å². The van der Waals surface area contributed by atoms with E-state index in [0.717, 1.165) is 49.6 Å². The number of thiocarbonyl (C=S) groups is 1. The zero-order valence-corrected chi connectivity index (χ0v) is 14.9. The summed E-state index contributed by atoms with van der Waals surface area (Å²) in [6, 6.07) is 6.70. The van der Waals surface area contributed by atoms with Crippen LogP contribution in [0.5, 0.6) is 0 Å². The molecule has 0 atom stereocenters. The Kier molecular flexibility index (Phi) is 7.68. The van der Waals surface area contributed by atoms with Crippen LogP contribution < -0.4 is 5.32 Å². The lowest BCUT2D eigenvalue weighted by molar-refractivity contribution is 0.383. The molecule has 0 amide bonds. The molecule has 4 nitrogen and oxygen atoms in total. The van der Waals surface area contributed by atoms with E-state index in [1.807, 2.05) is 23.2 Å². The fraction of sp³-hybridized carbons (Fsp3) is 0.444. The molecule has 0 bridgehead atoms. The molecule has 6 heteroatoms. The number of benzene rings is 1. The van der Waals surface area contributed by atoms with Crippen LogP contribution in [0.2, 0.25) is 0 Å². The van der Waals surface area contributed by atoms with Crippen molar-refractivity contribution in [2.24, 2.45) is 0 Å². The van der Waals surface area contributed by atoms with Gasteiger partial charge in [0.25, 0.3) is 0 Å². The third-order valence-corrected chi connectivity index (χ3v) is 4.16. The summed E-state index contributed by atoms with van der Waals surface area (Å²) in [6.45, 7) is 5.33. The van der Waals surface area contributed by atoms with Crippen LogP contribution in [0.25, 0.3) is 0 Å². The summed E-state index contributed by atoms with van der Waals surface area (Å²) in [7, 11) is 0. The van der Waals surface area contributed by atoms with E-state index >= 15 is 0 Å². The highest BCUT2D eigenvalue weighted by atomic mass is 32.1. The maximum absolute atomic E-state index is 13.4. The highest BCUT2D eigenvalue weighted by molar-refractivity contribution is 7.80. The fourth-order valence-electron chi connectivity index (χ4n) is 2.46. The quantitative estimate of drug-likeness (QED) is 0.555. The predicted octanol–water partition coefficient (Wildman–Crippen LogP) is 3.59. The smallest absolute Gasteiger partial charge is 0.169 e. The highest BCUT2D eigenvalue weighted by Crippen LogP contribution is 2.09. The van der Waals surface area contributed by atoms with Gasteiger partial charge in [-0.2, -0.15) is 0 Å². The number of hydrogen-bond donors (Lipinski definition) is 1. The number of aryl methyl sites for hydroxylation is 1. The molecule has 1 aromatic carbocycles. The molecule has 2 aromatic rings. The Labute approximate surface area is 148 Å². The molecule has 1 heterocycles. The first-order valence-corrected chi connectivity index (χ1v) is 8.83. The molecule has 0 aliphatic rings. The minimum absolute atomic E-state index is 0.212. The summed E-state index contributed by atoms with van der Waals surface area (Å²) in [5.41, 5.74) is 0.928. The van der Waals surface area contributed by atoms with Gasteiger partial charge in [-0.05, 0) is 42.8 Å². The maximum Gasteiger partial charge on any atom is 0.169 e. The monoisotopic (exact) mass is 348 g/mol. The van der Waals surface area contributed by atoms with Crippen molar-refractivity contribution in [3.05, 3.63) is 54.4 Å². The second kappa shape index (κ2) is 10.0. The summed E-state index contributed by atoms with van der Waals surface area (Å²) < 4.78 is 15.5. The molecule has 0 unspecified atom stereocenters. The van der Waals surface area contributed by atoms with Gasteiger partial charge in [0.15, 0.2) is 5.11 Å². The standard InChI is InChI=1S/C18H25FN4S/c1-2-3-8-21-18(24)23(11-5-10-22-12-9-20-15-22)14-16-6-4-7-17(19)13-16/h4,6-7,9,12-13,15H,2-3,5,8,10-11,14H2,1H3,(H,21,24). The second-order valence-corrected chi connectivity index (χ2v) is 6.18. The van der Waals surface area contributed by atoms with Crippen molar-refractivity contribution < 1.29 is 4.39 Å². The number of aromatic nitrogens is 2. The third-order valence-electron chi connectivity index (χ3n) is 3.76. The van der Waals surface area contributed by atoms with Crippen LogP contribution in [0.3, 0.4) is 0 Å². The van der Waals surface area contributed by atoms with Crippen LogP contribution in [0.1, 0.15) is 31.7 Å². The SMILES string of the molecule is CCCCNC(=S)N(CCCn1ccnc1)Cc1cccc(F)c1. The number of imidazole rings is 1. The van der Waals surface area contributed by atoms with Crippen LogP contribution in [-0.2, 0) is 13.1 Å². The minimum Gasteiger partial charge on any atom is -0.363 e. The van der Waals surface area contributed by atoms with Crippen molar-refractivity contribution in [3.63, 3.8) is 0 Å². The van der Waals surface area contributed by atoms with Gasteiger partial charge in [-0.15, -0.1) is 0 Å². The predicted molar refractivity (Wildman–Crippen MR) is 99.2 cm³/mol. The van der Waals surface area contributed by atoms with Gasteiger partial charge in [-0.1, -0.05) is 25.5 Å². The van der Waals surface area contributed by atoms with E-state index in [1.165, 1.54) is 6.07 Å². The molecule has 1 N–H and O–H groups in total. The lowest BCUT2D eigenvalue weighted by Gasteiger charge is -2.26. The fourth-order valence-corrected chi connectivity index (χ4v) is 2.71. The summed E-state index contributed by atoms with van der Waals surface area (Å²) >= 11 is 5.54. The summed E-state index contributed by atoms with van der Waals surface area (Å²) in [5, 5.41) is 4.04. The molecule has 2 rings (SSSR count). The number of nitrogens with zero attached hydrogens (tertiary/aromatic N) is 3. The Bertz CT molecular complexity index is 615. The second-order valence-electron chi connectivity index (χ2n) is 5.79. The van der Waals surface area contributed by atoms with E-state index < -0.39 is 0 Å². The molecule has 0 fully saturated rings. The number of rotatable bonds is 9. The first-order valence-electron chi connectivity index (χ1n) is 8.42. The number of hydrogen-bond acceptors (Lipinski definition) is 2. The van der Waals surface area contributed by atoms with Gasteiger partial charge in [0.05, 0.1) is 6.33 Å². The van der Waals surface area contributed by atoms with Crippen molar-refractivity contribution in [2.75, 3.05) is 13.1 Å². The van der Waals surface area contributed by atoms with E-state index in [-0.39, 0.29) is 5.82 Å². The van der Waals surface area contributed by atoms with Crippen molar-refractivity contribution in [3.8, 4) is 0 Å². The van der Waals surface area contributed by atoms with Crippen molar-refractivity contribution >= 4 is 17.3 Å². The van der Waals surface area contributed by atoms with Gasteiger partial charge >= 0.3 is 0 Å². The van der Waals surface area contributed by atoms with E-state index in [1.54, 1.807) is 18.3 Å². The van der Waals surface area contributed by atoms with Crippen molar-refractivity contribution in [1.29, 1.82) is 0 Å². The average molecular weight is 348 g/mol. The van der Waals surface area contributed by atoms with E-state index in [4.69, 9.17) is 12.2 Å². The zero-order valence-electron chi connectivity index (χ0n) is 14.1. The van der Waals surface area contributed by atoms with E-state index in [9.17, 15) is 4.39 Å². The van der Waals surface area contributed by atoms with Crippen LogP contribution in [0.4, 0.5) is 4.39 Å². The normalized spacial score (nSPS) is 10.6. The highest BCUT2D eigenvalue weighted by Gasteiger charge is 2.10. The first kappa shape index (κ1) is 18.4. The molecule has 0 saturated heterocycles. The summed E-state index contributed by atoms with van der Waals surface area (Å²) in [4.78, 5) is 6.16. The largest absolute Gasteiger partial charge is 0.363 e. The lowest BCUT2D eigenvalue weighted by Crippen LogP contribution is -2.40. The molecule has 0 spiro atoms. The molecule has 0 aliphatic heterocycles. The first-order chi connectivity index (χ1) is 11.7. The molecule has 130 valence electrons. The van der Waals surface area contributed by atoms with Gasteiger partial charge in [0, 0.05) is 38.6 Å². The topological polar surface area (TPSA) is 33.1 Å². The number of halogens is 1. The molecule has 0 radical (unpaired) electrons. The Morgan fingerprint density at radius 2 is 2.25 bits per heavy atom. The van der Waals surface area contributed by atoms with E-state index in [2.05, 4.69) is 22.1 Å². The minimum atomic E-state index is -0.212. The number of nitrogens with one attached hydrogen (secondary N) is 1. The zero-order chi connectivity index (χ0) is 17.2. The Morgan fingerprint density at radius 3 is 2.96 bits per heavy atom. The van der Waals surface area contributed by atoms with Gasteiger partial charge in [0.1, 0.15) is 5.82 Å². The summed E-state index contributed by atoms with van der Waals surface area (Å²) in [5.74, 6) is -0.212. The van der Waals surface area contributed by atoms with Gasteiger partial charge in [-0.25, -0.2) is 9.37 Å². The van der Waals surface area contributed by atoms with Gasteiger partial charge in [0.2, 0.25) is 0 Å². The molecular weight excluding hydrogens is 323 g/mol. The lowest BCUT2D eigenvalue weighted by atomic mass is 10.2. The molecule has 0 saturated carbocycles. The Balaban J connectivity index is 1.92. The maximum atomic E-state index is 13.4. The summed E-state index contributed by atoms with van der Waals surface area (Å²) in [6.07, 6.45) is 8.70. The Morgan fingerprint density at radius 1 is 1.38 bits per heavy atom. The third kappa shape index (κ3) is 6.28. The Hall–Kier alpha value is -1.95.